The Morgan fingerprint density at radius 3 is 2.29 bits per heavy atom. The number of aliphatic imine (C=N–C) groups is 1. The molecule has 0 radical (unpaired) electrons. The van der Waals surface area contributed by atoms with Gasteiger partial charge in [0.15, 0.2) is 5.17 Å². The summed E-state index contributed by atoms with van der Waals surface area (Å²) in [6.45, 7) is 5.88. The number of amidine groups is 1. The van der Waals surface area contributed by atoms with E-state index in [-0.39, 0.29) is 17.6 Å². The van der Waals surface area contributed by atoms with Gasteiger partial charge in [0.25, 0.3) is 5.91 Å². The molecule has 4 rings (SSSR count). The van der Waals surface area contributed by atoms with Crippen molar-refractivity contribution < 1.29 is 14.3 Å². The second-order valence-corrected chi connectivity index (χ2v) is 9.17. The lowest BCUT2D eigenvalue weighted by Gasteiger charge is -2.20. The first kappa shape index (κ1) is 24.3. The number of carbonyl (C=O) groups is 2. The average molecular weight is 486 g/mol. The number of hydrogen-bond donors (Lipinski definition) is 1. The molecule has 0 atom stereocenters. The molecule has 1 aliphatic rings. The van der Waals surface area contributed by atoms with E-state index in [4.69, 9.17) is 4.74 Å². The van der Waals surface area contributed by atoms with Crippen molar-refractivity contribution in [3.05, 3.63) is 94.7 Å². The quantitative estimate of drug-likeness (QED) is 0.452. The van der Waals surface area contributed by atoms with E-state index in [1.54, 1.807) is 18.1 Å². The number of carbonyl (C=O) groups excluding carboxylic acids is 2. The van der Waals surface area contributed by atoms with Crippen LogP contribution in [0.4, 0.5) is 11.4 Å². The van der Waals surface area contributed by atoms with Gasteiger partial charge in [-0.1, -0.05) is 60.3 Å². The summed E-state index contributed by atoms with van der Waals surface area (Å²) in [6, 6.07) is 20.9. The second kappa shape index (κ2) is 10.6. The first-order chi connectivity index (χ1) is 16.9. The molecule has 1 heterocycles. The molecular formula is C28H27N3O3S. The van der Waals surface area contributed by atoms with Crippen LogP contribution in [0.1, 0.15) is 22.3 Å². The Kier molecular flexibility index (Phi) is 7.36. The molecule has 0 spiro atoms. The van der Waals surface area contributed by atoms with Crippen LogP contribution >= 0.6 is 11.8 Å². The van der Waals surface area contributed by atoms with Crippen LogP contribution in [0.25, 0.3) is 6.08 Å². The summed E-state index contributed by atoms with van der Waals surface area (Å²) in [5.41, 5.74) is 5.67. The summed E-state index contributed by atoms with van der Waals surface area (Å²) in [4.78, 5) is 32.4. The highest BCUT2D eigenvalue weighted by molar-refractivity contribution is 8.14. The average Bonchev–Trinajstić information content (AvgIpc) is 3.15. The first-order valence-corrected chi connectivity index (χ1v) is 12.2. The highest BCUT2D eigenvalue weighted by Crippen LogP contribution is 2.32. The maximum atomic E-state index is 13.4. The number of ether oxygens (including phenoxy) is 1. The molecule has 0 saturated carbocycles. The van der Waals surface area contributed by atoms with Gasteiger partial charge in [-0.3, -0.25) is 14.5 Å². The zero-order valence-electron chi connectivity index (χ0n) is 20.2. The maximum absolute atomic E-state index is 13.4. The molecule has 1 N–H and O–H groups in total. The number of nitrogens with one attached hydrogen (secondary N) is 1. The van der Waals surface area contributed by atoms with Gasteiger partial charge in [-0.15, -0.1) is 0 Å². The molecule has 0 fully saturated rings. The molecule has 0 saturated heterocycles. The smallest absolute Gasteiger partial charge is 0.283 e. The third-order valence-electron chi connectivity index (χ3n) is 5.68. The zero-order valence-corrected chi connectivity index (χ0v) is 21.0. The van der Waals surface area contributed by atoms with Gasteiger partial charge in [-0.2, -0.15) is 0 Å². The highest BCUT2D eigenvalue weighted by Gasteiger charge is 2.33. The van der Waals surface area contributed by atoms with E-state index < -0.39 is 0 Å². The lowest BCUT2D eigenvalue weighted by Crippen LogP contribution is -2.31. The van der Waals surface area contributed by atoms with Crippen molar-refractivity contribution in [3.8, 4) is 5.75 Å². The van der Waals surface area contributed by atoms with E-state index >= 15 is 0 Å². The first-order valence-electron chi connectivity index (χ1n) is 11.2. The van der Waals surface area contributed by atoms with Gasteiger partial charge < -0.3 is 10.1 Å². The molecule has 3 aromatic rings. The molecule has 1 aliphatic heterocycles. The Morgan fingerprint density at radius 1 is 0.971 bits per heavy atom. The monoisotopic (exact) mass is 485 g/mol. The summed E-state index contributed by atoms with van der Waals surface area (Å²) in [6.07, 6.45) is 1.75. The number of anilines is 2. The van der Waals surface area contributed by atoms with Crippen LogP contribution in [0.3, 0.4) is 0 Å². The second-order valence-electron chi connectivity index (χ2n) is 8.23. The van der Waals surface area contributed by atoms with Gasteiger partial charge in [0.1, 0.15) is 11.4 Å². The number of para-hydroxylation sites is 2. The van der Waals surface area contributed by atoms with E-state index in [9.17, 15) is 9.59 Å². The highest BCUT2D eigenvalue weighted by atomic mass is 32.2. The minimum absolute atomic E-state index is 0.123. The van der Waals surface area contributed by atoms with Crippen molar-refractivity contribution in [1.82, 2.24) is 0 Å². The van der Waals surface area contributed by atoms with Gasteiger partial charge in [-0.25, -0.2) is 4.99 Å². The minimum atomic E-state index is -0.229. The maximum Gasteiger partial charge on any atom is 0.283 e. The predicted octanol–water partition coefficient (Wildman–Crippen LogP) is 5.74. The summed E-state index contributed by atoms with van der Waals surface area (Å²) in [5, 5.41) is 3.47. The molecule has 0 aromatic heterocycles. The number of nitrogens with zero attached hydrogens (tertiary/aromatic N) is 2. The Bertz CT molecular complexity index is 1310. The van der Waals surface area contributed by atoms with Crippen LogP contribution in [0.2, 0.25) is 0 Å². The van der Waals surface area contributed by atoms with E-state index in [1.165, 1.54) is 11.8 Å². The fourth-order valence-electron chi connectivity index (χ4n) is 3.80. The number of hydrogen-bond acceptors (Lipinski definition) is 5. The molecule has 0 bridgehead atoms. The lowest BCUT2D eigenvalue weighted by atomic mass is 10.1. The molecule has 3 aromatic carbocycles. The number of thioether (sulfide) groups is 1. The standard InChI is InChI=1S/C28H27N3O3S/c1-18-8-5-6-11-24(18)31-27(33)23(16-21-12-14-22(34-4)15-13-21)29-28(31)35-17-25(32)30-26-19(2)9-7-10-20(26)3/h5-16H,17H2,1-4H3,(H,30,32). The largest absolute Gasteiger partial charge is 0.497 e. The van der Waals surface area contributed by atoms with Crippen molar-refractivity contribution in [1.29, 1.82) is 0 Å². The fourth-order valence-corrected chi connectivity index (χ4v) is 4.60. The van der Waals surface area contributed by atoms with Gasteiger partial charge in [0.05, 0.1) is 18.6 Å². The van der Waals surface area contributed by atoms with Crippen molar-refractivity contribution in [2.24, 2.45) is 4.99 Å². The van der Waals surface area contributed by atoms with Gasteiger partial charge >= 0.3 is 0 Å². The van der Waals surface area contributed by atoms with E-state index in [0.29, 0.717) is 10.9 Å². The van der Waals surface area contributed by atoms with Crippen LogP contribution in [0.5, 0.6) is 5.75 Å². The van der Waals surface area contributed by atoms with Crippen LogP contribution < -0.4 is 15.0 Å². The summed E-state index contributed by atoms with van der Waals surface area (Å²) >= 11 is 1.24. The van der Waals surface area contributed by atoms with Gasteiger partial charge in [-0.05, 0) is 67.3 Å². The van der Waals surface area contributed by atoms with Gasteiger partial charge in [0, 0.05) is 5.69 Å². The molecule has 178 valence electrons. The summed E-state index contributed by atoms with van der Waals surface area (Å²) < 4.78 is 5.21. The number of rotatable bonds is 6. The molecule has 0 aliphatic carbocycles. The normalized spacial score (nSPS) is 14.3. The van der Waals surface area contributed by atoms with Crippen LogP contribution in [0.15, 0.2) is 77.4 Å². The van der Waals surface area contributed by atoms with Crippen LogP contribution in [0, 0.1) is 20.8 Å². The number of aryl methyl sites for hydroxylation is 3. The number of amides is 2. The number of benzene rings is 3. The molecule has 7 heteroatoms. The van der Waals surface area contributed by atoms with E-state index in [2.05, 4.69) is 10.3 Å². The number of methoxy groups -OCH3 is 1. The van der Waals surface area contributed by atoms with Crippen molar-refractivity contribution in [2.45, 2.75) is 20.8 Å². The SMILES string of the molecule is COc1ccc(C=C2N=C(SCC(=O)Nc3c(C)cccc3C)N(c3ccccc3C)C2=O)cc1. The van der Waals surface area contributed by atoms with E-state index in [0.717, 1.165) is 39.4 Å². The Balaban J connectivity index is 1.59. The summed E-state index contributed by atoms with van der Waals surface area (Å²) in [5.74, 6) is 0.478. The molecular weight excluding hydrogens is 458 g/mol. The predicted molar refractivity (Wildman–Crippen MR) is 144 cm³/mol. The Labute approximate surface area is 209 Å². The lowest BCUT2D eigenvalue weighted by molar-refractivity contribution is -0.114. The van der Waals surface area contributed by atoms with Crippen LogP contribution in [-0.4, -0.2) is 29.8 Å². The molecule has 35 heavy (non-hydrogen) atoms. The van der Waals surface area contributed by atoms with Gasteiger partial charge in [0.2, 0.25) is 5.91 Å². The Morgan fingerprint density at radius 2 is 1.63 bits per heavy atom. The van der Waals surface area contributed by atoms with Crippen molar-refractivity contribution >= 4 is 46.2 Å². The fraction of sp³-hybridized carbons (Fsp3) is 0.179. The van der Waals surface area contributed by atoms with E-state index in [1.807, 2.05) is 87.5 Å². The Hall–Kier alpha value is -3.84. The topological polar surface area (TPSA) is 71.0 Å². The third-order valence-corrected chi connectivity index (χ3v) is 6.62. The zero-order chi connectivity index (χ0) is 24.9. The van der Waals surface area contributed by atoms with Crippen molar-refractivity contribution in [2.75, 3.05) is 23.1 Å². The molecule has 0 unspecified atom stereocenters. The minimum Gasteiger partial charge on any atom is -0.497 e. The van der Waals surface area contributed by atoms with Crippen LogP contribution in [-0.2, 0) is 9.59 Å². The van der Waals surface area contributed by atoms with Crippen molar-refractivity contribution in [3.63, 3.8) is 0 Å². The molecule has 2 amide bonds. The summed E-state index contributed by atoms with van der Waals surface area (Å²) in [7, 11) is 1.61. The third kappa shape index (κ3) is 5.46. The molecule has 6 nitrogen and oxygen atoms in total.